The molecule has 0 spiro atoms. The van der Waals surface area contributed by atoms with Crippen LogP contribution in [0.2, 0.25) is 0 Å². The van der Waals surface area contributed by atoms with E-state index in [1.54, 1.807) is 0 Å². The van der Waals surface area contributed by atoms with E-state index in [1.807, 2.05) is 6.92 Å². The molecule has 0 saturated carbocycles. The molecule has 0 radical (unpaired) electrons. The monoisotopic (exact) mass is 284 g/mol. The van der Waals surface area contributed by atoms with E-state index in [4.69, 9.17) is 0 Å². The minimum absolute atomic E-state index is 0.391. The molecule has 5 heteroatoms. The third kappa shape index (κ3) is 3.93. The van der Waals surface area contributed by atoms with Gasteiger partial charge in [-0.1, -0.05) is 38.5 Å². The zero-order valence-corrected chi connectivity index (χ0v) is 13.1. The van der Waals surface area contributed by atoms with E-state index in [-0.39, 0.29) is 0 Å². The molecule has 1 heterocycles. The molecule has 1 N–H and O–H groups in total. The van der Waals surface area contributed by atoms with Crippen LogP contribution in [0.25, 0.3) is 0 Å². The van der Waals surface area contributed by atoms with Crippen LogP contribution in [0.15, 0.2) is 0 Å². The van der Waals surface area contributed by atoms with Crippen LogP contribution in [0.1, 0.15) is 62.3 Å². The van der Waals surface area contributed by atoms with Crippen LogP contribution in [0, 0.1) is 0 Å². The van der Waals surface area contributed by atoms with Gasteiger partial charge in [0.25, 0.3) is 0 Å². The fraction of sp³-hybridized carbons (Fsp3) is 0.714. The van der Waals surface area contributed by atoms with Gasteiger partial charge in [0, 0.05) is 12.6 Å². The second-order valence-corrected chi connectivity index (χ2v) is 5.71. The van der Waals surface area contributed by atoms with Gasteiger partial charge in [0.2, 0.25) is 0 Å². The number of aryl methyl sites for hydroxylation is 1. The number of hydrogen-bond donors (Lipinski definition) is 1. The molecule has 0 aromatic carbocycles. The Labute approximate surface area is 119 Å². The normalized spacial score (nSPS) is 12.4. The van der Waals surface area contributed by atoms with Gasteiger partial charge in [0.1, 0.15) is 4.88 Å². The lowest BCUT2D eigenvalue weighted by Crippen LogP contribution is -2.33. The highest BCUT2D eigenvalue weighted by atomic mass is 32.1. The number of aromatic carboxylic acids is 1. The quantitative estimate of drug-likeness (QED) is 0.788. The minimum Gasteiger partial charge on any atom is -0.477 e. The lowest BCUT2D eigenvalue weighted by molar-refractivity contribution is 0.0701. The first-order chi connectivity index (χ1) is 9.04. The van der Waals surface area contributed by atoms with E-state index >= 15 is 0 Å². The van der Waals surface area contributed by atoms with Crippen molar-refractivity contribution in [3.8, 4) is 0 Å². The van der Waals surface area contributed by atoms with E-state index in [1.165, 1.54) is 11.3 Å². The molecule has 1 unspecified atom stereocenters. The van der Waals surface area contributed by atoms with E-state index in [0.29, 0.717) is 23.0 Å². The number of carbonyl (C=O) groups is 1. The Kier molecular flexibility index (Phi) is 6.28. The van der Waals surface area contributed by atoms with Gasteiger partial charge in [0.05, 0.1) is 5.69 Å². The van der Waals surface area contributed by atoms with Crippen LogP contribution >= 0.6 is 11.3 Å². The Morgan fingerprint density at radius 3 is 2.53 bits per heavy atom. The van der Waals surface area contributed by atoms with Gasteiger partial charge in [-0.25, -0.2) is 9.78 Å². The van der Waals surface area contributed by atoms with Gasteiger partial charge >= 0.3 is 5.97 Å². The number of carboxylic acids is 1. The molecule has 0 amide bonds. The van der Waals surface area contributed by atoms with Gasteiger partial charge in [-0.05, 0) is 26.2 Å². The summed E-state index contributed by atoms with van der Waals surface area (Å²) in [6.45, 7) is 9.38. The molecule has 0 aliphatic rings. The molecule has 108 valence electrons. The highest BCUT2D eigenvalue weighted by molar-refractivity contribution is 7.17. The molecule has 19 heavy (non-hydrogen) atoms. The van der Waals surface area contributed by atoms with Crippen LogP contribution in [-0.2, 0) is 6.42 Å². The molecule has 0 saturated heterocycles. The van der Waals surface area contributed by atoms with E-state index in [2.05, 4.69) is 30.7 Å². The maximum absolute atomic E-state index is 11.2. The maximum atomic E-state index is 11.2. The average molecular weight is 284 g/mol. The highest BCUT2D eigenvalue weighted by Crippen LogP contribution is 2.29. The van der Waals surface area contributed by atoms with E-state index in [0.717, 1.165) is 30.9 Å². The number of rotatable bonds is 8. The van der Waals surface area contributed by atoms with Gasteiger partial charge in [-0.15, -0.1) is 0 Å². The summed E-state index contributed by atoms with van der Waals surface area (Å²) < 4.78 is 0. The molecule has 1 aromatic heterocycles. The summed E-state index contributed by atoms with van der Waals surface area (Å²) in [5, 5.41) is 10.1. The van der Waals surface area contributed by atoms with Crippen molar-refractivity contribution in [1.82, 2.24) is 4.98 Å². The van der Waals surface area contributed by atoms with Crippen LogP contribution in [0.3, 0.4) is 0 Å². The Morgan fingerprint density at radius 2 is 2.11 bits per heavy atom. The molecule has 1 rings (SSSR count). The van der Waals surface area contributed by atoms with Crippen LogP contribution in [0.4, 0.5) is 5.13 Å². The van der Waals surface area contributed by atoms with Crippen molar-refractivity contribution in [2.45, 2.75) is 59.4 Å². The Balaban J connectivity index is 3.04. The van der Waals surface area contributed by atoms with Gasteiger partial charge in [-0.2, -0.15) is 0 Å². The minimum atomic E-state index is -0.861. The highest BCUT2D eigenvalue weighted by Gasteiger charge is 2.21. The lowest BCUT2D eigenvalue weighted by atomic mass is 10.2. The molecule has 0 fully saturated rings. The third-order valence-corrected chi connectivity index (χ3v) is 4.46. The molecular weight excluding hydrogens is 260 g/mol. The van der Waals surface area contributed by atoms with Crippen LogP contribution in [0.5, 0.6) is 0 Å². The fourth-order valence-electron chi connectivity index (χ4n) is 1.92. The number of nitrogens with zero attached hydrogens (tertiary/aromatic N) is 2. The van der Waals surface area contributed by atoms with Gasteiger partial charge in [0.15, 0.2) is 5.13 Å². The first kappa shape index (κ1) is 16.0. The summed E-state index contributed by atoms with van der Waals surface area (Å²) in [6.07, 6.45) is 3.94. The van der Waals surface area contributed by atoms with Gasteiger partial charge < -0.3 is 10.0 Å². The smallest absolute Gasteiger partial charge is 0.347 e. The number of unbranched alkanes of at least 4 members (excludes halogenated alkanes) is 1. The van der Waals surface area contributed by atoms with Gasteiger partial charge in [-0.3, -0.25) is 0 Å². The second kappa shape index (κ2) is 7.48. The topological polar surface area (TPSA) is 53.4 Å². The third-order valence-electron chi connectivity index (χ3n) is 3.34. The summed E-state index contributed by atoms with van der Waals surface area (Å²) in [7, 11) is 0. The van der Waals surface area contributed by atoms with Crippen LogP contribution < -0.4 is 4.90 Å². The molecule has 1 atom stereocenters. The van der Waals surface area contributed by atoms with Crippen molar-refractivity contribution in [1.29, 1.82) is 0 Å². The van der Waals surface area contributed by atoms with Crippen molar-refractivity contribution in [3.05, 3.63) is 10.6 Å². The Morgan fingerprint density at radius 1 is 1.42 bits per heavy atom. The zero-order valence-electron chi connectivity index (χ0n) is 12.3. The van der Waals surface area contributed by atoms with Crippen molar-refractivity contribution in [2.24, 2.45) is 0 Å². The Hall–Kier alpha value is -1.10. The maximum Gasteiger partial charge on any atom is 0.347 e. The number of anilines is 1. The summed E-state index contributed by atoms with van der Waals surface area (Å²) in [4.78, 5) is 18.4. The standard InChI is InChI=1S/C14H24N2O2S/c1-5-8-9-16(10(4)6-2)14-15-11(7-3)12(19-14)13(17)18/h10H,5-9H2,1-4H3,(H,17,18). The summed E-state index contributed by atoms with van der Waals surface area (Å²) in [6, 6.07) is 0.393. The Bertz CT molecular complexity index is 418. The van der Waals surface area contributed by atoms with Crippen molar-refractivity contribution >= 4 is 22.4 Å². The molecular formula is C14H24N2O2S. The SMILES string of the molecule is CCCCN(c1nc(CC)c(C(=O)O)s1)C(C)CC. The number of thiazole rings is 1. The predicted octanol–water partition coefficient (Wildman–Crippen LogP) is 3.81. The number of hydrogen-bond acceptors (Lipinski definition) is 4. The number of carboxylic acid groups (broad SMARTS) is 1. The first-order valence-electron chi connectivity index (χ1n) is 7.04. The van der Waals surface area contributed by atoms with E-state index < -0.39 is 5.97 Å². The average Bonchev–Trinajstić information content (AvgIpc) is 2.83. The molecule has 4 nitrogen and oxygen atoms in total. The second-order valence-electron chi connectivity index (χ2n) is 4.74. The van der Waals surface area contributed by atoms with Crippen LogP contribution in [-0.4, -0.2) is 28.6 Å². The fourth-order valence-corrected chi connectivity index (χ4v) is 3.04. The molecule has 0 aliphatic carbocycles. The number of aromatic nitrogens is 1. The van der Waals surface area contributed by atoms with Crippen molar-refractivity contribution in [2.75, 3.05) is 11.4 Å². The van der Waals surface area contributed by atoms with Crippen molar-refractivity contribution < 1.29 is 9.90 Å². The summed E-state index contributed by atoms with van der Waals surface area (Å²) >= 11 is 1.31. The molecule has 0 aliphatic heterocycles. The molecule has 0 bridgehead atoms. The molecule has 1 aromatic rings. The van der Waals surface area contributed by atoms with E-state index in [9.17, 15) is 9.90 Å². The summed E-state index contributed by atoms with van der Waals surface area (Å²) in [5.41, 5.74) is 0.706. The first-order valence-corrected chi connectivity index (χ1v) is 7.86. The lowest BCUT2D eigenvalue weighted by Gasteiger charge is -2.28. The zero-order chi connectivity index (χ0) is 14.4. The summed E-state index contributed by atoms with van der Waals surface area (Å²) in [5.74, 6) is -0.861. The largest absolute Gasteiger partial charge is 0.477 e. The predicted molar refractivity (Wildman–Crippen MR) is 80.5 cm³/mol. The van der Waals surface area contributed by atoms with Crippen molar-refractivity contribution in [3.63, 3.8) is 0 Å².